The quantitative estimate of drug-likeness (QED) is 0.790. The number of rotatable bonds is 2. The van der Waals surface area contributed by atoms with Crippen molar-refractivity contribution in [2.75, 3.05) is 11.9 Å². The molecule has 0 bridgehead atoms. The van der Waals surface area contributed by atoms with Crippen molar-refractivity contribution in [1.29, 1.82) is 0 Å². The zero-order chi connectivity index (χ0) is 13.7. The van der Waals surface area contributed by atoms with Crippen molar-refractivity contribution >= 4 is 11.6 Å². The van der Waals surface area contributed by atoms with Gasteiger partial charge < -0.3 is 15.8 Å². The Balaban J connectivity index is 2.08. The molecule has 0 aromatic heterocycles. The van der Waals surface area contributed by atoms with Crippen LogP contribution in [0.15, 0.2) is 24.3 Å². The van der Waals surface area contributed by atoms with Crippen LogP contribution in [0.2, 0.25) is 0 Å². The van der Waals surface area contributed by atoms with E-state index in [0.29, 0.717) is 12.2 Å². The molecule has 3 N–H and O–H groups in total. The third-order valence-electron chi connectivity index (χ3n) is 3.03. The largest absolute Gasteiger partial charge is 0.365 e. The van der Waals surface area contributed by atoms with Crippen LogP contribution in [0.4, 0.5) is 5.69 Å². The molecule has 0 saturated carbocycles. The van der Waals surface area contributed by atoms with Crippen molar-refractivity contribution in [2.24, 2.45) is 5.73 Å². The van der Waals surface area contributed by atoms with Crippen LogP contribution in [-0.2, 0) is 9.53 Å². The van der Waals surface area contributed by atoms with Gasteiger partial charge in [0.15, 0.2) is 0 Å². The first kappa shape index (κ1) is 13.6. The van der Waals surface area contributed by atoms with E-state index in [1.807, 2.05) is 31.2 Å². The maximum absolute atomic E-state index is 12.1. The van der Waals surface area contributed by atoms with E-state index in [0.717, 1.165) is 18.4 Å². The fourth-order valence-electron chi connectivity index (χ4n) is 2.06. The lowest BCUT2D eigenvalue weighted by Crippen LogP contribution is -2.28. The van der Waals surface area contributed by atoms with Gasteiger partial charge in [-0.1, -0.05) is 24.0 Å². The van der Waals surface area contributed by atoms with E-state index in [-0.39, 0.29) is 18.1 Å². The number of hydrogen-bond donors (Lipinski definition) is 2. The predicted octanol–water partition coefficient (Wildman–Crippen LogP) is 1.50. The van der Waals surface area contributed by atoms with E-state index in [1.54, 1.807) is 0 Å². The molecule has 1 aliphatic rings. The number of carbonyl (C=O) groups excluding carboxylic acids is 1. The van der Waals surface area contributed by atoms with Crippen molar-refractivity contribution < 1.29 is 9.53 Å². The second-order valence-corrected chi connectivity index (χ2v) is 4.55. The Morgan fingerprint density at radius 2 is 2.26 bits per heavy atom. The standard InChI is InChI=1S/C15H18N2O2/c1-11-8-9-14(19-11)15(18)17-13-7-3-2-5-12(13)6-4-10-16/h2-3,5,7,11,14H,8-10,16H2,1H3,(H,17,18). The Bertz CT molecular complexity index is 516. The Kier molecular flexibility index (Phi) is 4.56. The van der Waals surface area contributed by atoms with Crippen LogP contribution in [0.1, 0.15) is 25.3 Å². The van der Waals surface area contributed by atoms with Gasteiger partial charge in [0, 0.05) is 5.56 Å². The summed E-state index contributed by atoms with van der Waals surface area (Å²) in [5, 5.41) is 2.87. The molecule has 1 amide bonds. The van der Waals surface area contributed by atoms with Crippen LogP contribution < -0.4 is 11.1 Å². The predicted molar refractivity (Wildman–Crippen MR) is 74.6 cm³/mol. The molecule has 0 radical (unpaired) electrons. The number of amides is 1. The molecule has 2 rings (SSSR count). The van der Waals surface area contributed by atoms with Crippen LogP contribution in [0.25, 0.3) is 0 Å². The van der Waals surface area contributed by atoms with E-state index >= 15 is 0 Å². The average Bonchev–Trinajstić information content (AvgIpc) is 2.84. The lowest BCUT2D eigenvalue weighted by Gasteiger charge is -2.12. The minimum absolute atomic E-state index is 0.105. The van der Waals surface area contributed by atoms with Gasteiger partial charge in [-0.15, -0.1) is 0 Å². The summed E-state index contributed by atoms with van der Waals surface area (Å²) < 4.78 is 5.55. The van der Waals surface area contributed by atoms with Crippen molar-refractivity contribution in [2.45, 2.75) is 32.0 Å². The highest BCUT2D eigenvalue weighted by Gasteiger charge is 2.28. The molecule has 19 heavy (non-hydrogen) atoms. The Labute approximate surface area is 113 Å². The third-order valence-corrected chi connectivity index (χ3v) is 3.03. The van der Waals surface area contributed by atoms with Gasteiger partial charge in [0.1, 0.15) is 6.10 Å². The minimum atomic E-state index is -0.356. The van der Waals surface area contributed by atoms with Crippen LogP contribution in [0.5, 0.6) is 0 Å². The van der Waals surface area contributed by atoms with Gasteiger partial charge in [-0.05, 0) is 31.9 Å². The van der Waals surface area contributed by atoms with Gasteiger partial charge in [-0.3, -0.25) is 4.79 Å². The van der Waals surface area contributed by atoms with Crippen molar-refractivity contribution in [1.82, 2.24) is 0 Å². The summed E-state index contributed by atoms with van der Waals surface area (Å²) in [4.78, 5) is 12.1. The number of benzene rings is 1. The molecule has 0 aliphatic carbocycles. The molecule has 2 unspecified atom stereocenters. The van der Waals surface area contributed by atoms with E-state index in [1.165, 1.54) is 0 Å². The molecule has 100 valence electrons. The summed E-state index contributed by atoms with van der Waals surface area (Å²) in [6.45, 7) is 2.28. The van der Waals surface area contributed by atoms with Gasteiger partial charge in [0.05, 0.1) is 18.3 Å². The molecule has 1 saturated heterocycles. The molecule has 1 aliphatic heterocycles. The lowest BCUT2D eigenvalue weighted by molar-refractivity contribution is -0.126. The first-order valence-electron chi connectivity index (χ1n) is 6.45. The highest BCUT2D eigenvalue weighted by atomic mass is 16.5. The third kappa shape index (κ3) is 3.57. The first-order valence-corrected chi connectivity index (χ1v) is 6.45. The van der Waals surface area contributed by atoms with Crippen LogP contribution >= 0.6 is 0 Å². The number of nitrogens with one attached hydrogen (secondary N) is 1. The Morgan fingerprint density at radius 1 is 1.47 bits per heavy atom. The lowest BCUT2D eigenvalue weighted by atomic mass is 10.1. The van der Waals surface area contributed by atoms with Crippen LogP contribution in [0, 0.1) is 11.8 Å². The summed E-state index contributed by atoms with van der Waals surface area (Å²) >= 11 is 0. The molecular formula is C15H18N2O2. The monoisotopic (exact) mass is 258 g/mol. The van der Waals surface area contributed by atoms with E-state index in [2.05, 4.69) is 17.2 Å². The zero-order valence-electron chi connectivity index (χ0n) is 11.0. The molecule has 1 aromatic carbocycles. The molecule has 2 atom stereocenters. The smallest absolute Gasteiger partial charge is 0.253 e. The summed E-state index contributed by atoms with van der Waals surface area (Å²) in [7, 11) is 0. The zero-order valence-corrected chi connectivity index (χ0v) is 11.0. The second-order valence-electron chi connectivity index (χ2n) is 4.55. The van der Waals surface area contributed by atoms with E-state index in [9.17, 15) is 4.79 Å². The number of nitrogens with two attached hydrogens (primary N) is 1. The molecule has 4 heteroatoms. The minimum Gasteiger partial charge on any atom is -0.365 e. The van der Waals surface area contributed by atoms with Crippen molar-refractivity contribution in [3.63, 3.8) is 0 Å². The van der Waals surface area contributed by atoms with Crippen molar-refractivity contribution in [3.05, 3.63) is 29.8 Å². The summed E-state index contributed by atoms with van der Waals surface area (Å²) in [5.41, 5.74) is 6.84. The highest BCUT2D eigenvalue weighted by molar-refractivity contribution is 5.95. The maximum Gasteiger partial charge on any atom is 0.253 e. The Hall–Kier alpha value is -1.83. The SMILES string of the molecule is CC1CCC(C(=O)Nc2ccccc2C#CCN)O1. The van der Waals surface area contributed by atoms with Gasteiger partial charge in [-0.25, -0.2) is 0 Å². The van der Waals surface area contributed by atoms with Gasteiger partial charge in [0.25, 0.3) is 5.91 Å². The van der Waals surface area contributed by atoms with Crippen LogP contribution in [0.3, 0.4) is 0 Å². The first-order chi connectivity index (χ1) is 9.20. The van der Waals surface area contributed by atoms with Crippen LogP contribution in [-0.4, -0.2) is 24.7 Å². The number of para-hydroxylation sites is 1. The fraction of sp³-hybridized carbons (Fsp3) is 0.400. The van der Waals surface area contributed by atoms with Gasteiger partial charge >= 0.3 is 0 Å². The molecule has 1 aromatic rings. The molecule has 1 fully saturated rings. The summed E-state index contributed by atoms with van der Waals surface area (Å²) in [6.07, 6.45) is 1.49. The topological polar surface area (TPSA) is 64.4 Å². The average molecular weight is 258 g/mol. The van der Waals surface area contributed by atoms with Gasteiger partial charge in [0.2, 0.25) is 0 Å². The number of anilines is 1. The Morgan fingerprint density at radius 3 is 2.95 bits per heavy atom. The molecule has 1 heterocycles. The number of carbonyl (C=O) groups is 1. The maximum atomic E-state index is 12.1. The van der Waals surface area contributed by atoms with Crippen molar-refractivity contribution in [3.8, 4) is 11.8 Å². The summed E-state index contributed by atoms with van der Waals surface area (Å²) in [5.74, 6) is 5.63. The number of hydrogen-bond acceptors (Lipinski definition) is 3. The molecule has 0 spiro atoms. The van der Waals surface area contributed by atoms with Gasteiger partial charge in [-0.2, -0.15) is 0 Å². The van der Waals surface area contributed by atoms with E-state index < -0.39 is 0 Å². The summed E-state index contributed by atoms with van der Waals surface area (Å²) in [6, 6.07) is 7.43. The van der Waals surface area contributed by atoms with E-state index in [4.69, 9.17) is 10.5 Å². The molecular weight excluding hydrogens is 240 g/mol. The molecule has 4 nitrogen and oxygen atoms in total. The normalized spacial score (nSPS) is 21.6. The fourth-order valence-corrected chi connectivity index (χ4v) is 2.06. The second kappa shape index (κ2) is 6.37. The number of ether oxygens (including phenoxy) is 1. The highest BCUT2D eigenvalue weighted by Crippen LogP contribution is 2.21.